The Kier molecular flexibility index (Phi) is 23.4. The summed E-state index contributed by atoms with van der Waals surface area (Å²) in [5, 5.41) is 0. The van der Waals surface area contributed by atoms with E-state index < -0.39 is 5.92 Å². The van der Waals surface area contributed by atoms with Crippen molar-refractivity contribution in [2.45, 2.75) is 144 Å². The number of carbonyl (C=O) groups is 3. The molecule has 0 aromatic carbocycles. The van der Waals surface area contributed by atoms with Gasteiger partial charge in [-0.2, -0.15) is 0 Å². The fraction of sp³-hybridized carbons (Fsp3) is 0.906. The van der Waals surface area contributed by atoms with Gasteiger partial charge in [0.2, 0.25) is 0 Å². The van der Waals surface area contributed by atoms with Crippen molar-refractivity contribution in [2.24, 2.45) is 23.7 Å². The zero-order valence-electron chi connectivity index (χ0n) is 25.7. The first kappa shape index (κ1) is 36.4. The highest BCUT2D eigenvalue weighted by atomic mass is 16.5. The molecule has 0 aromatic heterocycles. The summed E-state index contributed by atoms with van der Waals surface area (Å²) in [5.74, 6) is -0.279. The molecule has 0 heterocycles. The van der Waals surface area contributed by atoms with Crippen molar-refractivity contribution >= 4 is 17.9 Å². The van der Waals surface area contributed by atoms with Gasteiger partial charge < -0.3 is 14.2 Å². The van der Waals surface area contributed by atoms with Gasteiger partial charge in [0.15, 0.2) is 0 Å². The van der Waals surface area contributed by atoms with Gasteiger partial charge in [-0.1, -0.05) is 99.3 Å². The lowest BCUT2D eigenvalue weighted by atomic mass is 9.97. The maximum absolute atomic E-state index is 13.0. The molecular formula is C32H60O6. The molecule has 224 valence electrons. The Bertz CT molecular complexity index is 569. The first-order valence-corrected chi connectivity index (χ1v) is 15.8. The normalized spacial score (nSPS) is 13.7. The van der Waals surface area contributed by atoms with Crippen molar-refractivity contribution in [3.63, 3.8) is 0 Å². The van der Waals surface area contributed by atoms with Crippen LogP contribution in [0.1, 0.15) is 144 Å². The summed E-state index contributed by atoms with van der Waals surface area (Å²) in [4.78, 5) is 37.9. The fourth-order valence-corrected chi connectivity index (χ4v) is 4.54. The van der Waals surface area contributed by atoms with E-state index >= 15 is 0 Å². The molecule has 0 unspecified atom stereocenters. The first-order valence-electron chi connectivity index (χ1n) is 15.8. The maximum Gasteiger partial charge on any atom is 0.308 e. The molecule has 0 aromatic rings. The number of rotatable bonds is 25. The molecule has 0 saturated carbocycles. The van der Waals surface area contributed by atoms with Gasteiger partial charge in [0, 0.05) is 12.8 Å². The van der Waals surface area contributed by atoms with E-state index in [1.165, 1.54) is 0 Å². The van der Waals surface area contributed by atoms with Gasteiger partial charge in [-0.3, -0.25) is 14.4 Å². The number of unbranched alkanes of at least 4 members (excludes halogenated alkanes) is 3. The third kappa shape index (κ3) is 18.6. The second-order valence-electron chi connectivity index (χ2n) is 11.0. The van der Waals surface area contributed by atoms with E-state index in [1.807, 2.05) is 0 Å². The van der Waals surface area contributed by atoms with Gasteiger partial charge >= 0.3 is 17.9 Å². The molecule has 3 atom stereocenters. The third-order valence-corrected chi connectivity index (χ3v) is 7.78. The molecule has 0 N–H and O–H groups in total. The summed E-state index contributed by atoms with van der Waals surface area (Å²) < 4.78 is 16.8. The maximum atomic E-state index is 13.0. The summed E-state index contributed by atoms with van der Waals surface area (Å²) in [6, 6.07) is 0. The number of hydrogen-bond donors (Lipinski definition) is 0. The highest BCUT2D eigenvalue weighted by Gasteiger charge is 2.24. The molecular weight excluding hydrogens is 480 g/mol. The minimum absolute atomic E-state index is 0.154. The van der Waals surface area contributed by atoms with Crippen molar-refractivity contribution in [3.8, 4) is 0 Å². The Morgan fingerprint density at radius 1 is 0.500 bits per heavy atom. The van der Waals surface area contributed by atoms with Crippen LogP contribution in [-0.2, 0) is 28.6 Å². The molecule has 0 rings (SSSR count). The van der Waals surface area contributed by atoms with E-state index in [9.17, 15) is 14.4 Å². The highest BCUT2D eigenvalue weighted by molar-refractivity contribution is 5.76. The van der Waals surface area contributed by atoms with Crippen LogP contribution < -0.4 is 0 Å². The average Bonchev–Trinajstić information content (AvgIpc) is 2.93. The molecule has 0 saturated heterocycles. The van der Waals surface area contributed by atoms with Gasteiger partial charge in [0.1, 0.15) is 0 Å². The monoisotopic (exact) mass is 540 g/mol. The number of carbonyl (C=O) groups excluding carboxylic acids is 3. The molecule has 0 amide bonds. The van der Waals surface area contributed by atoms with Crippen molar-refractivity contribution in [1.82, 2.24) is 0 Å². The lowest BCUT2D eigenvalue weighted by molar-refractivity contribution is -0.152. The third-order valence-electron chi connectivity index (χ3n) is 7.78. The fourth-order valence-electron chi connectivity index (χ4n) is 4.54. The molecule has 38 heavy (non-hydrogen) atoms. The van der Waals surface area contributed by atoms with Crippen LogP contribution in [0.3, 0.4) is 0 Å². The molecule has 0 bridgehead atoms. The van der Waals surface area contributed by atoms with Crippen molar-refractivity contribution in [2.75, 3.05) is 19.8 Å². The largest absolute Gasteiger partial charge is 0.465 e. The van der Waals surface area contributed by atoms with Crippen LogP contribution in [0.15, 0.2) is 0 Å². The topological polar surface area (TPSA) is 78.9 Å². The van der Waals surface area contributed by atoms with Gasteiger partial charge in [-0.25, -0.2) is 0 Å². The number of hydrogen-bond acceptors (Lipinski definition) is 6. The van der Waals surface area contributed by atoms with E-state index in [1.54, 1.807) is 0 Å². The van der Waals surface area contributed by atoms with Crippen molar-refractivity contribution < 1.29 is 28.6 Å². The van der Waals surface area contributed by atoms with Crippen molar-refractivity contribution in [1.29, 1.82) is 0 Å². The van der Waals surface area contributed by atoms with Gasteiger partial charge in [0.05, 0.1) is 25.7 Å². The van der Waals surface area contributed by atoms with Gasteiger partial charge in [-0.15, -0.1) is 0 Å². The summed E-state index contributed by atoms with van der Waals surface area (Å²) >= 11 is 0. The number of ether oxygens (including phenoxy) is 3. The Labute approximate surface area is 234 Å². The van der Waals surface area contributed by atoms with E-state index in [2.05, 4.69) is 41.5 Å². The Hall–Kier alpha value is -1.59. The van der Waals surface area contributed by atoms with Crippen LogP contribution in [0, 0.1) is 23.7 Å². The van der Waals surface area contributed by atoms with E-state index in [0.29, 0.717) is 50.4 Å². The van der Waals surface area contributed by atoms with Gasteiger partial charge in [0.25, 0.3) is 0 Å². The number of esters is 3. The summed E-state index contributed by atoms with van der Waals surface area (Å²) in [6.45, 7) is 14.1. The van der Waals surface area contributed by atoms with E-state index in [-0.39, 0.29) is 30.7 Å². The first-order chi connectivity index (χ1) is 18.3. The predicted molar refractivity (Wildman–Crippen MR) is 155 cm³/mol. The molecule has 0 aliphatic rings. The van der Waals surface area contributed by atoms with E-state index in [4.69, 9.17) is 14.2 Å². The summed E-state index contributed by atoms with van der Waals surface area (Å²) in [5.41, 5.74) is 0. The quantitative estimate of drug-likeness (QED) is 0.0854. The lowest BCUT2D eigenvalue weighted by Crippen LogP contribution is -2.24. The minimum atomic E-state index is -0.511. The summed E-state index contributed by atoms with van der Waals surface area (Å²) in [6.07, 6.45) is 13.8. The zero-order chi connectivity index (χ0) is 28.6. The average molecular weight is 541 g/mol. The summed E-state index contributed by atoms with van der Waals surface area (Å²) in [7, 11) is 0. The van der Waals surface area contributed by atoms with Crippen LogP contribution in [-0.4, -0.2) is 37.7 Å². The standard InChI is InChI=1S/C32H60O6/c1-7-13-16-26(10-4)23-36-30(33)21-19-29(32(35)38-25-28(12-6)18-15-9-3)20-22-31(34)37-24-27(11-5)17-14-8-2/h26-29H,7-25H2,1-6H3/t26-,27-,28-/m0/s1. The Morgan fingerprint density at radius 3 is 1.16 bits per heavy atom. The molecule has 0 spiro atoms. The highest BCUT2D eigenvalue weighted by Crippen LogP contribution is 2.21. The second-order valence-corrected chi connectivity index (χ2v) is 11.0. The second kappa shape index (κ2) is 24.5. The SMILES string of the molecule is CCCC[C@H](CC)COC(=O)CCC(CCC(=O)OC[C@@H](CC)CCCC)C(=O)OC[C@@H](CC)CCCC. The Balaban J connectivity index is 4.91. The van der Waals surface area contributed by atoms with Crippen LogP contribution >= 0.6 is 0 Å². The van der Waals surface area contributed by atoms with E-state index in [0.717, 1.165) is 77.0 Å². The molecule has 6 heteroatoms. The van der Waals surface area contributed by atoms with Crippen LogP contribution in [0.5, 0.6) is 0 Å². The van der Waals surface area contributed by atoms with Crippen LogP contribution in [0.4, 0.5) is 0 Å². The van der Waals surface area contributed by atoms with Crippen LogP contribution in [0.2, 0.25) is 0 Å². The molecule has 0 aliphatic heterocycles. The lowest BCUT2D eigenvalue weighted by Gasteiger charge is -2.20. The smallest absolute Gasteiger partial charge is 0.308 e. The molecule has 0 aliphatic carbocycles. The van der Waals surface area contributed by atoms with Crippen LogP contribution in [0.25, 0.3) is 0 Å². The molecule has 6 nitrogen and oxygen atoms in total. The Morgan fingerprint density at radius 2 is 0.842 bits per heavy atom. The van der Waals surface area contributed by atoms with Crippen molar-refractivity contribution in [3.05, 3.63) is 0 Å². The minimum Gasteiger partial charge on any atom is -0.465 e. The predicted octanol–water partition coefficient (Wildman–Crippen LogP) is 8.44. The molecule has 0 radical (unpaired) electrons. The van der Waals surface area contributed by atoms with Gasteiger partial charge in [-0.05, 0) is 49.9 Å². The molecule has 0 fully saturated rings. The zero-order valence-corrected chi connectivity index (χ0v) is 25.7.